The van der Waals surface area contributed by atoms with Crippen molar-refractivity contribution in [1.29, 1.82) is 0 Å². The number of nitrogen functional groups attached to an aromatic ring is 1. The summed E-state index contributed by atoms with van der Waals surface area (Å²) in [5, 5.41) is 2.96. The highest BCUT2D eigenvalue weighted by atomic mass is 19.4. The van der Waals surface area contributed by atoms with Gasteiger partial charge in [-0.1, -0.05) is 0 Å². The van der Waals surface area contributed by atoms with E-state index in [0.717, 1.165) is 6.07 Å². The molecule has 1 fully saturated rings. The van der Waals surface area contributed by atoms with Gasteiger partial charge in [-0.05, 0) is 20.3 Å². The largest absolute Gasteiger partial charge is 0.433 e. The van der Waals surface area contributed by atoms with Gasteiger partial charge in [0.25, 0.3) is 0 Å². The van der Waals surface area contributed by atoms with Gasteiger partial charge in [-0.2, -0.15) is 18.2 Å². The Kier molecular flexibility index (Phi) is 3.29. The molecule has 1 saturated heterocycles. The summed E-state index contributed by atoms with van der Waals surface area (Å²) in [5.41, 5.74) is 3.79. The first-order valence-electron chi connectivity index (χ1n) is 5.82. The number of hydrogen-bond acceptors (Lipinski definition) is 5. The molecular formula is C11H15F3N4O. The molecule has 8 heteroatoms. The Labute approximate surface area is 108 Å². The highest BCUT2D eigenvalue weighted by Gasteiger charge is 2.38. The summed E-state index contributed by atoms with van der Waals surface area (Å²) in [7, 11) is 0. The van der Waals surface area contributed by atoms with Crippen LogP contribution in [0.15, 0.2) is 6.07 Å². The van der Waals surface area contributed by atoms with Crippen LogP contribution in [0.4, 0.5) is 24.9 Å². The van der Waals surface area contributed by atoms with Gasteiger partial charge in [0.1, 0.15) is 5.82 Å². The molecule has 19 heavy (non-hydrogen) atoms. The number of nitrogens with two attached hydrogens (primary N) is 1. The van der Waals surface area contributed by atoms with E-state index in [1.54, 1.807) is 0 Å². The van der Waals surface area contributed by atoms with Crippen LogP contribution in [-0.4, -0.2) is 28.2 Å². The molecule has 3 N–H and O–H groups in total. The van der Waals surface area contributed by atoms with Gasteiger partial charge in [0.15, 0.2) is 5.69 Å². The third-order valence-electron chi connectivity index (χ3n) is 3.33. The SMILES string of the molecule is CC1OCCC1(C)Nc1cc(C(F)(F)F)nc(N)n1. The lowest BCUT2D eigenvalue weighted by atomic mass is 9.95. The maximum atomic E-state index is 12.6. The predicted molar refractivity (Wildman–Crippen MR) is 63.5 cm³/mol. The van der Waals surface area contributed by atoms with Gasteiger partial charge >= 0.3 is 6.18 Å². The Morgan fingerprint density at radius 3 is 2.68 bits per heavy atom. The van der Waals surface area contributed by atoms with E-state index in [-0.39, 0.29) is 11.9 Å². The third kappa shape index (κ3) is 2.89. The molecule has 1 aromatic rings. The van der Waals surface area contributed by atoms with Crippen LogP contribution in [-0.2, 0) is 10.9 Å². The molecule has 2 atom stereocenters. The van der Waals surface area contributed by atoms with Crippen LogP contribution >= 0.6 is 0 Å². The molecule has 1 aliphatic heterocycles. The first-order chi connectivity index (χ1) is 8.71. The van der Waals surface area contributed by atoms with Crippen LogP contribution in [0, 0.1) is 0 Å². The van der Waals surface area contributed by atoms with Crippen molar-refractivity contribution in [1.82, 2.24) is 9.97 Å². The maximum Gasteiger partial charge on any atom is 0.433 e. The number of nitrogens with zero attached hydrogens (tertiary/aromatic N) is 2. The summed E-state index contributed by atoms with van der Waals surface area (Å²) in [5.74, 6) is -0.354. The van der Waals surface area contributed by atoms with Crippen LogP contribution in [0.3, 0.4) is 0 Å². The van der Waals surface area contributed by atoms with Crippen molar-refractivity contribution in [3.8, 4) is 0 Å². The van der Waals surface area contributed by atoms with Gasteiger partial charge < -0.3 is 15.8 Å². The maximum absolute atomic E-state index is 12.6. The number of alkyl halides is 3. The summed E-state index contributed by atoms with van der Waals surface area (Å²) in [6, 6.07) is 0.854. The Balaban J connectivity index is 2.28. The van der Waals surface area contributed by atoms with Crippen molar-refractivity contribution in [2.45, 2.75) is 38.1 Å². The molecule has 5 nitrogen and oxygen atoms in total. The number of aromatic nitrogens is 2. The number of hydrogen-bond donors (Lipinski definition) is 2. The molecule has 0 radical (unpaired) electrons. The van der Waals surface area contributed by atoms with E-state index >= 15 is 0 Å². The van der Waals surface area contributed by atoms with E-state index in [1.807, 2.05) is 13.8 Å². The van der Waals surface area contributed by atoms with E-state index in [2.05, 4.69) is 15.3 Å². The molecule has 2 rings (SSSR count). The number of ether oxygens (including phenoxy) is 1. The first-order valence-corrected chi connectivity index (χ1v) is 5.82. The Morgan fingerprint density at radius 1 is 1.47 bits per heavy atom. The number of halogens is 3. The predicted octanol–water partition coefficient (Wildman–Crippen LogP) is 2.06. The van der Waals surface area contributed by atoms with Crippen molar-refractivity contribution >= 4 is 11.8 Å². The van der Waals surface area contributed by atoms with E-state index in [4.69, 9.17) is 10.5 Å². The van der Waals surface area contributed by atoms with Gasteiger partial charge in [0.05, 0.1) is 11.6 Å². The molecule has 1 aliphatic rings. The van der Waals surface area contributed by atoms with E-state index in [9.17, 15) is 13.2 Å². The molecular weight excluding hydrogens is 261 g/mol. The average Bonchev–Trinajstić information content (AvgIpc) is 2.56. The summed E-state index contributed by atoms with van der Waals surface area (Å²) in [6.07, 6.45) is -4.00. The number of nitrogens with one attached hydrogen (secondary N) is 1. The van der Waals surface area contributed by atoms with E-state index < -0.39 is 23.4 Å². The average molecular weight is 276 g/mol. The summed E-state index contributed by atoms with van der Waals surface area (Å²) in [6.45, 7) is 4.28. The summed E-state index contributed by atoms with van der Waals surface area (Å²) < 4.78 is 43.3. The molecule has 0 bridgehead atoms. The minimum atomic E-state index is -4.55. The Bertz CT molecular complexity index is 479. The van der Waals surface area contributed by atoms with E-state index in [1.165, 1.54) is 0 Å². The molecule has 2 unspecified atom stereocenters. The number of rotatable bonds is 2. The summed E-state index contributed by atoms with van der Waals surface area (Å²) >= 11 is 0. The van der Waals surface area contributed by atoms with Crippen molar-refractivity contribution < 1.29 is 17.9 Å². The van der Waals surface area contributed by atoms with Crippen LogP contribution in [0.25, 0.3) is 0 Å². The molecule has 106 valence electrons. The lowest BCUT2D eigenvalue weighted by molar-refractivity contribution is -0.141. The van der Waals surface area contributed by atoms with Gasteiger partial charge in [0, 0.05) is 12.7 Å². The smallest absolute Gasteiger partial charge is 0.376 e. The monoisotopic (exact) mass is 276 g/mol. The zero-order valence-corrected chi connectivity index (χ0v) is 10.6. The molecule has 0 aromatic carbocycles. The highest BCUT2D eigenvalue weighted by Crippen LogP contribution is 2.32. The zero-order valence-electron chi connectivity index (χ0n) is 10.6. The van der Waals surface area contributed by atoms with Gasteiger partial charge in [-0.3, -0.25) is 0 Å². The molecule has 0 amide bonds. The van der Waals surface area contributed by atoms with Crippen molar-refractivity contribution in [3.63, 3.8) is 0 Å². The standard InChI is InChI=1S/C11H15F3N4O/c1-6-10(2,3-4-19-6)18-8-5-7(11(12,13)14)16-9(15)17-8/h5-6H,3-4H2,1-2H3,(H3,15,16,17,18). The lowest BCUT2D eigenvalue weighted by Gasteiger charge is -2.29. The minimum Gasteiger partial charge on any atom is -0.376 e. The topological polar surface area (TPSA) is 73.1 Å². The quantitative estimate of drug-likeness (QED) is 0.865. The highest BCUT2D eigenvalue weighted by molar-refractivity contribution is 5.44. The molecule has 0 aliphatic carbocycles. The molecule has 0 spiro atoms. The third-order valence-corrected chi connectivity index (χ3v) is 3.33. The fourth-order valence-electron chi connectivity index (χ4n) is 1.97. The number of anilines is 2. The Hall–Kier alpha value is -1.57. The first kappa shape index (κ1) is 13.9. The second-order valence-corrected chi connectivity index (χ2v) is 4.80. The van der Waals surface area contributed by atoms with Crippen LogP contribution in [0.5, 0.6) is 0 Å². The van der Waals surface area contributed by atoms with Crippen LogP contribution < -0.4 is 11.1 Å². The van der Waals surface area contributed by atoms with Gasteiger partial charge in [-0.25, -0.2) is 4.98 Å². The summed E-state index contributed by atoms with van der Waals surface area (Å²) in [4.78, 5) is 6.98. The van der Waals surface area contributed by atoms with Crippen LogP contribution in [0.2, 0.25) is 0 Å². The van der Waals surface area contributed by atoms with Crippen molar-refractivity contribution in [3.05, 3.63) is 11.8 Å². The Morgan fingerprint density at radius 2 is 2.16 bits per heavy atom. The fraction of sp³-hybridized carbons (Fsp3) is 0.636. The van der Waals surface area contributed by atoms with E-state index in [0.29, 0.717) is 13.0 Å². The second kappa shape index (κ2) is 4.52. The second-order valence-electron chi connectivity index (χ2n) is 4.80. The molecule has 0 saturated carbocycles. The normalized spacial score (nSPS) is 27.5. The zero-order chi connectivity index (χ0) is 14.3. The lowest BCUT2D eigenvalue weighted by Crippen LogP contribution is -2.41. The van der Waals surface area contributed by atoms with Gasteiger partial charge in [-0.15, -0.1) is 0 Å². The molecule has 2 heterocycles. The fourth-order valence-corrected chi connectivity index (χ4v) is 1.97. The van der Waals surface area contributed by atoms with Gasteiger partial charge in [0.2, 0.25) is 5.95 Å². The van der Waals surface area contributed by atoms with Crippen LogP contribution in [0.1, 0.15) is 26.0 Å². The van der Waals surface area contributed by atoms with Crippen molar-refractivity contribution in [2.75, 3.05) is 17.7 Å². The minimum absolute atomic E-state index is 0.0553. The molecule has 1 aromatic heterocycles. The van der Waals surface area contributed by atoms with Crippen molar-refractivity contribution in [2.24, 2.45) is 0 Å².